The third kappa shape index (κ3) is 5.12. The molecule has 2 N–H and O–H groups in total. The molecule has 0 radical (unpaired) electrons. The van der Waals surface area contributed by atoms with Gasteiger partial charge in [0.1, 0.15) is 0 Å². The molecular formula is C24H25F3N8O2. The van der Waals surface area contributed by atoms with Gasteiger partial charge in [0, 0.05) is 36.8 Å². The fourth-order valence-electron chi connectivity index (χ4n) is 4.19. The van der Waals surface area contributed by atoms with E-state index in [1.54, 1.807) is 30.0 Å². The number of benzene rings is 1. The fraction of sp³-hybridized carbons (Fsp3) is 0.375. The molecule has 3 aromatic heterocycles. The van der Waals surface area contributed by atoms with Crippen molar-refractivity contribution < 1.29 is 22.7 Å². The molecule has 0 bridgehead atoms. The summed E-state index contributed by atoms with van der Waals surface area (Å²) in [5.41, 5.74) is 3.82. The number of nitrogens with one attached hydrogen (secondary N) is 2. The molecule has 3 heterocycles. The highest BCUT2D eigenvalue weighted by Gasteiger charge is 2.49. The average Bonchev–Trinajstić information content (AvgIpc) is 3.46. The van der Waals surface area contributed by atoms with Gasteiger partial charge in [-0.1, -0.05) is 12.1 Å². The summed E-state index contributed by atoms with van der Waals surface area (Å²) in [5.74, 6) is -1.40. The molecule has 0 atom stereocenters. The first-order valence-electron chi connectivity index (χ1n) is 11.7. The molecule has 5 rings (SSSR count). The van der Waals surface area contributed by atoms with Crippen molar-refractivity contribution in [3.05, 3.63) is 53.9 Å². The SMILES string of the molecule is COCCNc1ccn2ncc(C(=O)Nc3cc(-c4nnn(C5CC(C(F)(F)F)C5)n4)ccc3C)c2c1. The lowest BCUT2D eigenvalue weighted by Gasteiger charge is -2.35. The molecule has 13 heteroatoms. The van der Waals surface area contributed by atoms with Gasteiger partial charge >= 0.3 is 6.18 Å². The Balaban J connectivity index is 1.32. The van der Waals surface area contributed by atoms with Crippen molar-refractivity contribution in [2.45, 2.75) is 32.0 Å². The molecule has 1 aromatic carbocycles. The molecular weight excluding hydrogens is 489 g/mol. The summed E-state index contributed by atoms with van der Waals surface area (Å²) in [6.45, 7) is 3.02. The van der Waals surface area contributed by atoms with Crippen molar-refractivity contribution >= 4 is 22.8 Å². The second-order valence-corrected chi connectivity index (χ2v) is 9.00. The molecule has 0 spiro atoms. The number of aryl methyl sites for hydroxylation is 1. The highest BCUT2D eigenvalue weighted by Crippen LogP contribution is 2.46. The molecule has 1 saturated carbocycles. The second-order valence-electron chi connectivity index (χ2n) is 9.00. The van der Waals surface area contributed by atoms with E-state index < -0.39 is 18.1 Å². The number of halogens is 3. The van der Waals surface area contributed by atoms with Crippen molar-refractivity contribution in [3.63, 3.8) is 0 Å². The van der Waals surface area contributed by atoms with Crippen molar-refractivity contribution in [1.82, 2.24) is 29.8 Å². The number of alkyl halides is 3. The lowest BCUT2D eigenvalue weighted by atomic mass is 9.80. The minimum atomic E-state index is -4.20. The van der Waals surface area contributed by atoms with E-state index in [0.29, 0.717) is 35.5 Å². The summed E-state index contributed by atoms with van der Waals surface area (Å²) in [6, 6.07) is 8.57. The molecule has 0 saturated heterocycles. The predicted octanol–water partition coefficient (Wildman–Crippen LogP) is 4.12. The number of hydrogen-bond donors (Lipinski definition) is 2. The molecule has 1 fully saturated rings. The number of aromatic nitrogens is 6. The minimum Gasteiger partial charge on any atom is -0.383 e. The maximum Gasteiger partial charge on any atom is 0.391 e. The van der Waals surface area contributed by atoms with Crippen molar-refractivity contribution in [2.75, 3.05) is 30.9 Å². The first kappa shape index (κ1) is 24.7. The molecule has 1 aliphatic rings. The monoisotopic (exact) mass is 514 g/mol. The fourth-order valence-corrected chi connectivity index (χ4v) is 4.19. The van der Waals surface area contributed by atoms with Crippen molar-refractivity contribution in [1.29, 1.82) is 0 Å². The van der Waals surface area contributed by atoms with Gasteiger partial charge in [0.15, 0.2) is 0 Å². The van der Waals surface area contributed by atoms with Crippen LogP contribution < -0.4 is 10.6 Å². The Labute approximate surface area is 209 Å². The van der Waals surface area contributed by atoms with Crippen LogP contribution in [-0.4, -0.2) is 62.2 Å². The smallest absolute Gasteiger partial charge is 0.383 e. The Morgan fingerprint density at radius 1 is 1.22 bits per heavy atom. The van der Waals surface area contributed by atoms with Gasteiger partial charge in [-0.2, -0.15) is 23.1 Å². The molecule has 1 aliphatic carbocycles. The first-order valence-corrected chi connectivity index (χ1v) is 11.7. The zero-order valence-corrected chi connectivity index (χ0v) is 20.2. The van der Waals surface area contributed by atoms with Gasteiger partial charge < -0.3 is 15.4 Å². The number of anilines is 2. The number of carbonyl (C=O) groups excluding carboxylic acids is 1. The summed E-state index contributed by atoms with van der Waals surface area (Å²) in [7, 11) is 1.63. The number of pyridine rings is 1. The van der Waals surface area contributed by atoms with Crippen LogP contribution >= 0.6 is 0 Å². The maximum absolute atomic E-state index is 13.2. The van der Waals surface area contributed by atoms with Gasteiger partial charge in [-0.3, -0.25) is 4.79 Å². The van der Waals surface area contributed by atoms with E-state index in [-0.39, 0.29) is 24.6 Å². The number of rotatable bonds is 8. The Hall–Kier alpha value is -4.00. The van der Waals surface area contributed by atoms with Crippen LogP contribution in [0.15, 0.2) is 42.7 Å². The molecule has 0 unspecified atom stereocenters. The quantitative estimate of drug-likeness (QED) is 0.340. The molecule has 37 heavy (non-hydrogen) atoms. The van der Waals surface area contributed by atoms with E-state index in [1.165, 1.54) is 11.0 Å². The standard InChI is InChI=1S/C24H25F3N8O2/c1-14-3-4-15(22-31-33-35(32-22)18-10-16(11-18)24(25,26)27)9-20(14)30-23(36)19-13-29-34-7-5-17(12-21(19)34)28-6-8-37-2/h3-5,7,9,12-13,16,18,28H,6,8,10-11H2,1-2H3,(H,30,36). The largest absolute Gasteiger partial charge is 0.391 e. The number of ether oxygens (including phenoxy) is 1. The zero-order valence-electron chi connectivity index (χ0n) is 20.2. The van der Waals surface area contributed by atoms with Gasteiger partial charge in [-0.05, 0) is 48.7 Å². The second kappa shape index (κ2) is 9.81. The van der Waals surface area contributed by atoms with E-state index in [2.05, 4.69) is 31.1 Å². The van der Waals surface area contributed by atoms with Crippen molar-refractivity contribution in [3.8, 4) is 11.4 Å². The molecule has 194 valence electrons. The number of hydrogen-bond acceptors (Lipinski definition) is 7. The highest BCUT2D eigenvalue weighted by atomic mass is 19.4. The van der Waals surface area contributed by atoms with Gasteiger partial charge in [0.2, 0.25) is 5.82 Å². The number of amides is 1. The molecule has 1 amide bonds. The summed E-state index contributed by atoms with van der Waals surface area (Å²) < 4.78 is 45.1. The summed E-state index contributed by atoms with van der Waals surface area (Å²) >= 11 is 0. The van der Waals surface area contributed by atoms with Gasteiger partial charge in [0.25, 0.3) is 5.91 Å². The Kier molecular flexibility index (Phi) is 6.54. The van der Waals surface area contributed by atoms with Crippen LogP contribution in [0.25, 0.3) is 16.9 Å². The van der Waals surface area contributed by atoms with Crippen LogP contribution in [0.5, 0.6) is 0 Å². The Bertz CT molecular complexity index is 1430. The molecule has 0 aliphatic heterocycles. The third-order valence-corrected chi connectivity index (χ3v) is 6.48. The van der Waals surface area contributed by atoms with Crippen LogP contribution in [0.1, 0.15) is 34.8 Å². The van der Waals surface area contributed by atoms with E-state index in [0.717, 1.165) is 11.3 Å². The number of nitrogens with zero attached hydrogens (tertiary/aromatic N) is 6. The van der Waals surface area contributed by atoms with Gasteiger partial charge in [-0.25, -0.2) is 4.52 Å². The normalized spacial score (nSPS) is 17.5. The first-order chi connectivity index (χ1) is 17.7. The molecule has 10 nitrogen and oxygen atoms in total. The Morgan fingerprint density at radius 2 is 2.03 bits per heavy atom. The summed E-state index contributed by atoms with van der Waals surface area (Å²) in [5, 5.41) is 22.7. The minimum absolute atomic E-state index is 0.0578. The number of methoxy groups -OCH3 is 1. The summed E-state index contributed by atoms with van der Waals surface area (Å²) in [4.78, 5) is 14.4. The van der Waals surface area contributed by atoms with Crippen LogP contribution in [0.3, 0.4) is 0 Å². The third-order valence-electron chi connectivity index (χ3n) is 6.48. The number of tetrazole rings is 1. The Morgan fingerprint density at radius 3 is 2.78 bits per heavy atom. The summed E-state index contributed by atoms with van der Waals surface area (Å²) in [6.07, 6.45) is -1.05. The maximum atomic E-state index is 13.2. The highest BCUT2D eigenvalue weighted by molar-refractivity contribution is 6.09. The van der Waals surface area contributed by atoms with E-state index in [9.17, 15) is 18.0 Å². The predicted molar refractivity (Wildman–Crippen MR) is 129 cm³/mol. The number of fused-ring (bicyclic) bond motifs is 1. The van der Waals surface area contributed by atoms with Crippen LogP contribution in [0.4, 0.5) is 24.5 Å². The van der Waals surface area contributed by atoms with Gasteiger partial charge in [-0.15, -0.1) is 10.2 Å². The number of carbonyl (C=O) groups is 1. The van der Waals surface area contributed by atoms with Gasteiger partial charge in [0.05, 0.1) is 35.8 Å². The van der Waals surface area contributed by atoms with E-state index >= 15 is 0 Å². The van der Waals surface area contributed by atoms with E-state index in [4.69, 9.17) is 4.74 Å². The average molecular weight is 515 g/mol. The lowest BCUT2D eigenvalue weighted by molar-refractivity contribution is -0.203. The van der Waals surface area contributed by atoms with Crippen molar-refractivity contribution in [2.24, 2.45) is 5.92 Å². The topological polar surface area (TPSA) is 111 Å². The lowest BCUT2D eigenvalue weighted by Crippen LogP contribution is -2.37. The van der Waals surface area contributed by atoms with Crippen LogP contribution in [0.2, 0.25) is 0 Å². The zero-order chi connectivity index (χ0) is 26.2. The van der Waals surface area contributed by atoms with Crippen LogP contribution in [-0.2, 0) is 4.74 Å². The molecule has 4 aromatic rings. The van der Waals surface area contributed by atoms with Crippen LogP contribution in [0, 0.1) is 12.8 Å². The van der Waals surface area contributed by atoms with E-state index in [1.807, 2.05) is 25.1 Å².